The van der Waals surface area contributed by atoms with Crippen LogP contribution in [0.4, 0.5) is 5.69 Å². The minimum Gasteiger partial charge on any atom is -0.497 e. The molecule has 0 radical (unpaired) electrons. The number of benzene rings is 3. The second-order valence-electron chi connectivity index (χ2n) is 8.52. The molecule has 174 valence electrons. The highest BCUT2D eigenvalue weighted by atomic mass is 16.5. The van der Waals surface area contributed by atoms with Gasteiger partial charge in [0.1, 0.15) is 17.1 Å². The number of ether oxygens (including phenoxy) is 2. The summed E-state index contributed by atoms with van der Waals surface area (Å²) in [5.74, 6) is 1.69. The summed E-state index contributed by atoms with van der Waals surface area (Å²) >= 11 is 0. The zero-order valence-corrected chi connectivity index (χ0v) is 20.1. The summed E-state index contributed by atoms with van der Waals surface area (Å²) in [6.07, 6.45) is 3.33. The summed E-state index contributed by atoms with van der Waals surface area (Å²) in [6, 6.07) is 19.6. The predicted octanol–water partition coefficient (Wildman–Crippen LogP) is 7.28. The van der Waals surface area contributed by atoms with Crippen molar-refractivity contribution in [1.82, 2.24) is 0 Å². The Bertz CT molecular complexity index is 1330. The summed E-state index contributed by atoms with van der Waals surface area (Å²) in [5.41, 5.74) is 6.30. The van der Waals surface area contributed by atoms with E-state index in [2.05, 4.69) is 19.2 Å². The van der Waals surface area contributed by atoms with Crippen molar-refractivity contribution in [3.8, 4) is 22.6 Å². The second-order valence-corrected chi connectivity index (χ2v) is 8.52. The van der Waals surface area contributed by atoms with Gasteiger partial charge in [0.2, 0.25) is 5.91 Å². The molecule has 0 bridgehead atoms. The lowest BCUT2D eigenvalue weighted by Crippen LogP contribution is -2.08. The molecule has 5 heteroatoms. The number of amides is 1. The lowest BCUT2D eigenvalue weighted by atomic mass is 9.99. The van der Waals surface area contributed by atoms with Crippen LogP contribution in [-0.2, 0) is 4.79 Å². The fourth-order valence-corrected chi connectivity index (χ4v) is 3.93. The smallest absolute Gasteiger partial charge is 0.248 e. The Balaban J connectivity index is 1.64. The van der Waals surface area contributed by atoms with Crippen LogP contribution < -0.4 is 14.8 Å². The van der Waals surface area contributed by atoms with Crippen LogP contribution in [0.3, 0.4) is 0 Å². The molecule has 0 spiro atoms. The molecular weight excluding hydrogens is 426 g/mol. The van der Waals surface area contributed by atoms with Gasteiger partial charge in [-0.25, -0.2) is 0 Å². The van der Waals surface area contributed by atoms with Crippen LogP contribution in [-0.4, -0.2) is 20.1 Å². The van der Waals surface area contributed by atoms with Gasteiger partial charge in [-0.05, 0) is 59.9 Å². The van der Waals surface area contributed by atoms with Gasteiger partial charge in [0, 0.05) is 34.3 Å². The van der Waals surface area contributed by atoms with E-state index in [9.17, 15) is 4.79 Å². The van der Waals surface area contributed by atoms with E-state index in [1.165, 1.54) is 5.56 Å². The molecule has 0 saturated heterocycles. The number of allylic oxidation sites excluding steroid dienone is 1. The summed E-state index contributed by atoms with van der Waals surface area (Å²) in [6.45, 7) is 6.19. The number of methoxy groups -OCH3 is 2. The lowest BCUT2D eigenvalue weighted by molar-refractivity contribution is -0.111. The number of hydrogen-bond acceptors (Lipinski definition) is 4. The van der Waals surface area contributed by atoms with E-state index < -0.39 is 0 Å². The van der Waals surface area contributed by atoms with Crippen molar-refractivity contribution in [3.05, 3.63) is 84.1 Å². The third-order valence-corrected chi connectivity index (χ3v) is 5.91. The van der Waals surface area contributed by atoms with Crippen molar-refractivity contribution in [3.63, 3.8) is 0 Å². The third-order valence-electron chi connectivity index (χ3n) is 5.91. The molecule has 1 amide bonds. The van der Waals surface area contributed by atoms with Gasteiger partial charge in [-0.3, -0.25) is 4.79 Å². The molecule has 4 rings (SSSR count). The quantitative estimate of drug-likeness (QED) is 0.297. The van der Waals surface area contributed by atoms with Crippen LogP contribution in [0.1, 0.15) is 37.8 Å². The molecule has 0 atom stereocenters. The Kier molecular flexibility index (Phi) is 6.73. The van der Waals surface area contributed by atoms with Crippen molar-refractivity contribution < 1.29 is 18.7 Å². The third kappa shape index (κ3) is 4.84. The Morgan fingerprint density at radius 3 is 2.29 bits per heavy atom. The summed E-state index contributed by atoms with van der Waals surface area (Å²) in [7, 11) is 3.26. The Morgan fingerprint density at radius 1 is 0.971 bits per heavy atom. The molecule has 1 aromatic heterocycles. The van der Waals surface area contributed by atoms with Gasteiger partial charge >= 0.3 is 0 Å². The maximum Gasteiger partial charge on any atom is 0.248 e. The van der Waals surface area contributed by atoms with E-state index >= 15 is 0 Å². The normalized spacial score (nSPS) is 11.6. The molecule has 0 aliphatic rings. The predicted molar refractivity (Wildman–Crippen MR) is 138 cm³/mol. The Hall–Kier alpha value is -3.99. The highest BCUT2D eigenvalue weighted by Crippen LogP contribution is 2.37. The summed E-state index contributed by atoms with van der Waals surface area (Å²) in [5, 5.41) is 3.88. The van der Waals surface area contributed by atoms with E-state index in [1.54, 1.807) is 26.6 Å². The topological polar surface area (TPSA) is 60.7 Å². The maximum atomic E-state index is 12.7. The van der Waals surface area contributed by atoms with Crippen molar-refractivity contribution in [2.24, 2.45) is 0 Å². The highest BCUT2D eigenvalue weighted by Gasteiger charge is 2.15. The largest absolute Gasteiger partial charge is 0.497 e. The van der Waals surface area contributed by atoms with Crippen LogP contribution in [0.25, 0.3) is 27.7 Å². The number of furan rings is 1. The van der Waals surface area contributed by atoms with E-state index in [0.717, 1.165) is 39.1 Å². The van der Waals surface area contributed by atoms with E-state index in [0.29, 0.717) is 17.3 Å². The number of nitrogens with one attached hydrogen (secondary N) is 1. The van der Waals surface area contributed by atoms with Gasteiger partial charge in [-0.15, -0.1) is 0 Å². The molecule has 1 N–H and O–H groups in total. The first-order valence-electron chi connectivity index (χ1n) is 11.2. The number of carbonyl (C=O) groups is 1. The number of hydrogen-bond donors (Lipinski definition) is 1. The number of fused-ring (bicyclic) bond motifs is 1. The molecule has 0 aliphatic carbocycles. The molecule has 0 aliphatic heterocycles. The van der Waals surface area contributed by atoms with Gasteiger partial charge in [0.25, 0.3) is 0 Å². The van der Waals surface area contributed by atoms with Crippen LogP contribution in [0.15, 0.2) is 77.4 Å². The van der Waals surface area contributed by atoms with E-state index in [1.807, 2.05) is 67.6 Å². The number of carbonyl (C=O) groups excluding carboxylic acids is 1. The second kappa shape index (κ2) is 9.87. The lowest BCUT2D eigenvalue weighted by Gasteiger charge is -2.11. The van der Waals surface area contributed by atoms with Gasteiger partial charge in [-0.2, -0.15) is 0 Å². The molecule has 4 aromatic rings. The zero-order valence-electron chi connectivity index (χ0n) is 20.1. The molecule has 5 nitrogen and oxygen atoms in total. The molecule has 0 unspecified atom stereocenters. The van der Waals surface area contributed by atoms with Gasteiger partial charge < -0.3 is 19.2 Å². The average Bonchev–Trinajstić information content (AvgIpc) is 3.26. The first-order chi connectivity index (χ1) is 16.4. The summed E-state index contributed by atoms with van der Waals surface area (Å²) in [4.78, 5) is 12.7. The van der Waals surface area contributed by atoms with Crippen molar-refractivity contribution >= 4 is 28.1 Å². The molecule has 34 heavy (non-hydrogen) atoms. The molecular formula is C29H29NO4. The average molecular weight is 456 g/mol. The summed E-state index contributed by atoms with van der Waals surface area (Å²) < 4.78 is 16.7. The van der Waals surface area contributed by atoms with Crippen molar-refractivity contribution in [2.45, 2.75) is 26.7 Å². The first kappa shape index (κ1) is 23.2. The SMILES string of the molecule is COc1ccc(-c2coc3cc(OC)c(/C(C)=C/C(=O)Nc4ccc(C(C)C)cc4)cc23)cc1. The van der Waals surface area contributed by atoms with Crippen LogP contribution in [0.2, 0.25) is 0 Å². The zero-order chi connectivity index (χ0) is 24.2. The molecule has 3 aromatic carbocycles. The van der Waals surface area contributed by atoms with Gasteiger partial charge in [0.05, 0.1) is 20.5 Å². The van der Waals surface area contributed by atoms with Crippen molar-refractivity contribution in [2.75, 3.05) is 19.5 Å². The van der Waals surface area contributed by atoms with Crippen LogP contribution >= 0.6 is 0 Å². The van der Waals surface area contributed by atoms with Gasteiger partial charge in [-0.1, -0.05) is 38.1 Å². The Morgan fingerprint density at radius 2 is 1.68 bits per heavy atom. The fourth-order valence-electron chi connectivity index (χ4n) is 3.93. The van der Waals surface area contributed by atoms with E-state index in [-0.39, 0.29) is 5.91 Å². The number of rotatable bonds is 7. The maximum absolute atomic E-state index is 12.7. The number of anilines is 1. The monoisotopic (exact) mass is 455 g/mol. The Labute approximate surface area is 200 Å². The van der Waals surface area contributed by atoms with Crippen molar-refractivity contribution in [1.29, 1.82) is 0 Å². The van der Waals surface area contributed by atoms with Crippen LogP contribution in [0, 0.1) is 0 Å². The highest BCUT2D eigenvalue weighted by molar-refractivity contribution is 6.05. The first-order valence-corrected chi connectivity index (χ1v) is 11.2. The molecule has 0 saturated carbocycles. The van der Waals surface area contributed by atoms with E-state index in [4.69, 9.17) is 13.9 Å². The fraction of sp³-hybridized carbons (Fsp3) is 0.207. The standard InChI is InChI=1S/C29H29NO4/c1-18(2)20-6-10-22(11-7-20)30-29(31)14-19(3)24-15-25-26(17-34-28(25)16-27(24)33-5)21-8-12-23(32-4)13-9-21/h6-18H,1-5H3,(H,30,31)/b19-14+. The minimum atomic E-state index is -0.195. The van der Waals surface area contributed by atoms with Gasteiger partial charge in [0.15, 0.2) is 0 Å². The molecule has 0 fully saturated rings. The molecule has 1 heterocycles. The van der Waals surface area contributed by atoms with Crippen LogP contribution in [0.5, 0.6) is 11.5 Å². The minimum absolute atomic E-state index is 0.195.